The van der Waals surface area contributed by atoms with Gasteiger partial charge < -0.3 is 4.90 Å². The number of piperidine rings is 1. The smallest absolute Gasteiger partial charge is 0.233 e. The number of thioether (sulfide) groups is 1. The molecule has 0 bridgehead atoms. The SMILES string of the molecule is CC1CCCN(C(=O)CSc2nnc(-c3cccnc3)n2-c2ccccc2)C1. The molecule has 2 aromatic heterocycles. The van der Waals surface area contributed by atoms with Crippen LogP contribution in [0.4, 0.5) is 0 Å². The van der Waals surface area contributed by atoms with Gasteiger partial charge in [-0.2, -0.15) is 0 Å². The lowest BCUT2D eigenvalue weighted by Crippen LogP contribution is -2.40. The lowest BCUT2D eigenvalue weighted by atomic mass is 10.0. The second kappa shape index (κ2) is 8.56. The fourth-order valence-corrected chi connectivity index (χ4v) is 4.34. The lowest BCUT2D eigenvalue weighted by molar-refractivity contribution is -0.130. The zero-order chi connectivity index (χ0) is 19.3. The Morgan fingerprint density at radius 3 is 2.79 bits per heavy atom. The Balaban J connectivity index is 1.59. The molecule has 1 aliphatic heterocycles. The molecule has 0 aliphatic carbocycles. The number of carbonyl (C=O) groups is 1. The van der Waals surface area contributed by atoms with Gasteiger partial charge in [0.2, 0.25) is 5.91 Å². The van der Waals surface area contributed by atoms with Crippen molar-refractivity contribution in [1.82, 2.24) is 24.6 Å². The molecule has 1 unspecified atom stereocenters. The molecule has 6 nitrogen and oxygen atoms in total. The number of hydrogen-bond acceptors (Lipinski definition) is 5. The molecule has 0 saturated carbocycles. The lowest BCUT2D eigenvalue weighted by Gasteiger charge is -2.30. The van der Waals surface area contributed by atoms with Gasteiger partial charge in [0, 0.05) is 36.7 Å². The molecule has 4 rings (SSSR count). The number of amides is 1. The predicted molar refractivity (Wildman–Crippen MR) is 110 cm³/mol. The number of benzene rings is 1. The van der Waals surface area contributed by atoms with Crippen LogP contribution in [-0.2, 0) is 4.79 Å². The van der Waals surface area contributed by atoms with E-state index >= 15 is 0 Å². The van der Waals surface area contributed by atoms with Crippen molar-refractivity contribution < 1.29 is 4.79 Å². The molecule has 3 aromatic rings. The van der Waals surface area contributed by atoms with E-state index in [9.17, 15) is 4.79 Å². The van der Waals surface area contributed by atoms with Crippen LogP contribution < -0.4 is 0 Å². The van der Waals surface area contributed by atoms with Gasteiger partial charge in [-0.1, -0.05) is 36.9 Å². The minimum Gasteiger partial charge on any atom is -0.342 e. The second-order valence-corrected chi connectivity index (χ2v) is 8.04. The summed E-state index contributed by atoms with van der Waals surface area (Å²) in [5.41, 5.74) is 1.86. The predicted octanol–water partition coefficient (Wildman–Crippen LogP) is 3.68. The van der Waals surface area contributed by atoms with E-state index in [0.29, 0.717) is 16.8 Å². The van der Waals surface area contributed by atoms with Crippen LogP contribution in [0.3, 0.4) is 0 Å². The zero-order valence-electron chi connectivity index (χ0n) is 15.9. The molecule has 1 aromatic carbocycles. The largest absolute Gasteiger partial charge is 0.342 e. The van der Waals surface area contributed by atoms with Crippen molar-refractivity contribution in [2.24, 2.45) is 5.92 Å². The molecule has 1 saturated heterocycles. The van der Waals surface area contributed by atoms with E-state index in [1.54, 1.807) is 12.4 Å². The van der Waals surface area contributed by atoms with Gasteiger partial charge in [0.05, 0.1) is 5.75 Å². The number of nitrogens with zero attached hydrogens (tertiary/aromatic N) is 5. The summed E-state index contributed by atoms with van der Waals surface area (Å²) in [4.78, 5) is 18.9. The van der Waals surface area contributed by atoms with Crippen LogP contribution >= 0.6 is 11.8 Å². The van der Waals surface area contributed by atoms with Crippen molar-refractivity contribution in [3.63, 3.8) is 0 Å². The highest BCUT2D eigenvalue weighted by Gasteiger charge is 2.22. The van der Waals surface area contributed by atoms with E-state index in [4.69, 9.17) is 0 Å². The highest BCUT2D eigenvalue weighted by molar-refractivity contribution is 7.99. The first-order valence-corrected chi connectivity index (χ1v) is 10.5. The van der Waals surface area contributed by atoms with Crippen molar-refractivity contribution in [1.29, 1.82) is 0 Å². The number of likely N-dealkylation sites (tertiary alicyclic amines) is 1. The summed E-state index contributed by atoms with van der Waals surface area (Å²) in [7, 11) is 0. The van der Waals surface area contributed by atoms with Crippen LogP contribution in [0.1, 0.15) is 19.8 Å². The van der Waals surface area contributed by atoms with E-state index in [2.05, 4.69) is 22.1 Å². The Labute approximate surface area is 169 Å². The van der Waals surface area contributed by atoms with E-state index in [-0.39, 0.29) is 5.91 Å². The maximum absolute atomic E-state index is 12.7. The zero-order valence-corrected chi connectivity index (χ0v) is 16.7. The van der Waals surface area contributed by atoms with E-state index < -0.39 is 0 Å². The Morgan fingerprint density at radius 2 is 2.04 bits per heavy atom. The van der Waals surface area contributed by atoms with Gasteiger partial charge >= 0.3 is 0 Å². The standard InChI is InChI=1S/C21H23N5OS/c1-16-7-6-12-25(14-16)19(27)15-28-21-24-23-20(17-8-5-11-22-13-17)26(21)18-9-3-2-4-10-18/h2-5,8-11,13,16H,6-7,12,14-15H2,1H3. The summed E-state index contributed by atoms with van der Waals surface area (Å²) in [5, 5.41) is 9.48. The van der Waals surface area contributed by atoms with Crippen LogP contribution in [0, 0.1) is 5.92 Å². The molecule has 1 fully saturated rings. The quantitative estimate of drug-likeness (QED) is 0.619. The van der Waals surface area contributed by atoms with Crippen LogP contribution in [-0.4, -0.2) is 49.4 Å². The fraction of sp³-hybridized carbons (Fsp3) is 0.333. The van der Waals surface area contributed by atoms with Gasteiger partial charge in [0.15, 0.2) is 11.0 Å². The minimum absolute atomic E-state index is 0.169. The third-order valence-electron chi connectivity index (χ3n) is 4.90. The monoisotopic (exact) mass is 393 g/mol. The Kier molecular flexibility index (Phi) is 5.71. The van der Waals surface area contributed by atoms with Crippen LogP contribution in [0.15, 0.2) is 60.0 Å². The molecular formula is C21H23N5OS. The first kappa shape index (κ1) is 18.7. The van der Waals surface area contributed by atoms with Gasteiger partial charge in [-0.25, -0.2) is 0 Å². The van der Waals surface area contributed by atoms with Crippen molar-refractivity contribution >= 4 is 17.7 Å². The third kappa shape index (κ3) is 4.09. The number of rotatable bonds is 5. The molecule has 7 heteroatoms. The summed E-state index contributed by atoms with van der Waals surface area (Å²) < 4.78 is 1.99. The summed E-state index contributed by atoms with van der Waals surface area (Å²) in [6, 6.07) is 13.8. The van der Waals surface area contributed by atoms with Crippen molar-refractivity contribution in [3.05, 3.63) is 54.9 Å². The molecule has 144 valence electrons. The number of pyridine rings is 1. The summed E-state index contributed by atoms with van der Waals surface area (Å²) in [5.74, 6) is 1.83. The van der Waals surface area contributed by atoms with Crippen molar-refractivity contribution in [3.8, 4) is 17.1 Å². The highest BCUT2D eigenvalue weighted by Crippen LogP contribution is 2.28. The van der Waals surface area contributed by atoms with Gasteiger partial charge in [0.1, 0.15) is 0 Å². The van der Waals surface area contributed by atoms with Crippen LogP contribution in [0.25, 0.3) is 17.1 Å². The maximum Gasteiger partial charge on any atom is 0.233 e. The van der Waals surface area contributed by atoms with E-state index in [0.717, 1.165) is 36.6 Å². The Hall–Kier alpha value is -2.67. The number of aromatic nitrogens is 4. The molecular weight excluding hydrogens is 370 g/mol. The molecule has 1 amide bonds. The van der Waals surface area contributed by atoms with Crippen LogP contribution in [0.5, 0.6) is 0 Å². The van der Waals surface area contributed by atoms with Gasteiger partial charge in [-0.3, -0.25) is 14.3 Å². The first-order chi connectivity index (χ1) is 13.7. The fourth-order valence-electron chi connectivity index (χ4n) is 3.49. The topological polar surface area (TPSA) is 63.9 Å². The summed E-state index contributed by atoms with van der Waals surface area (Å²) in [6.07, 6.45) is 5.80. The molecule has 0 radical (unpaired) electrons. The molecule has 0 spiro atoms. The Morgan fingerprint density at radius 1 is 1.18 bits per heavy atom. The molecule has 3 heterocycles. The summed E-state index contributed by atoms with van der Waals surface area (Å²) in [6.45, 7) is 3.92. The summed E-state index contributed by atoms with van der Waals surface area (Å²) >= 11 is 1.44. The minimum atomic E-state index is 0.169. The normalized spacial score (nSPS) is 16.9. The second-order valence-electron chi connectivity index (χ2n) is 7.09. The average Bonchev–Trinajstić information content (AvgIpc) is 3.17. The average molecular weight is 394 g/mol. The molecule has 0 N–H and O–H groups in total. The number of carbonyl (C=O) groups excluding carboxylic acids is 1. The molecule has 28 heavy (non-hydrogen) atoms. The van der Waals surface area contributed by atoms with Crippen LogP contribution in [0.2, 0.25) is 0 Å². The number of hydrogen-bond donors (Lipinski definition) is 0. The van der Waals surface area contributed by atoms with Crippen molar-refractivity contribution in [2.45, 2.75) is 24.9 Å². The van der Waals surface area contributed by atoms with Gasteiger partial charge in [-0.05, 0) is 43.0 Å². The third-order valence-corrected chi connectivity index (χ3v) is 5.82. The van der Waals surface area contributed by atoms with E-state index in [1.165, 1.54) is 18.2 Å². The highest BCUT2D eigenvalue weighted by atomic mass is 32.2. The number of para-hydroxylation sites is 1. The van der Waals surface area contributed by atoms with Crippen molar-refractivity contribution in [2.75, 3.05) is 18.8 Å². The van der Waals surface area contributed by atoms with Gasteiger partial charge in [0.25, 0.3) is 0 Å². The Bertz CT molecular complexity index is 928. The van der Waals surface area contributed by atoms with Gasteiger partial charge in [-0.15, -0.1) is 10.2 Å². The maximum atomic E-state index is 12.7. The molecule has 1 aliphatic rings. The van der Waals surface area contributed by atoms with E-state index in [1.807, 2.05) is 51.9 Å². The molecule has 1 atom stereocenters. The first-order valence-electron chi connectivity index (χ1n) is 9.54.